The molecule has 0 saturated carbocycles. The largest absolute Gasteiger partial charge is 0.454 e. The van der Waals surface area contributed by atoms with Crippen LogP contribution in [-0.2, 0) is 26.1 Å². The molecule has 180 valence electrons. The van der Waals surface area contributed by atoms with Crippen molar-refractivity contribution in [3.63, 3.8) is 0 Å². The summed E-state index contributed by atoms with van der Waals surface area (Å²) in [7, 11) is 0. The Morgan fingerprint density at radius 1 is 0.857 bits per heavy atom. The minimum absolute atomic E-state index is 0.301. The number of benzene rings is 3. The zero-order chi connectivity index (χ0) is 23.9. The lowest BCUT2D eigenvalue weighted by molar-refractivity contribution is 0.174. The second-order valence-corrected chi connectivity index (χ2v) is 9.08. The third-order valence-electron chi connectivity index (χ3n) is 6.49. The van der Waals surface area contributed by atoms with Gasteiger partial charge in [-0.15, -0.1) is 0 Å². The molecule has 0 aliphatic carbocycles. The Bertz CT molecular complexity index is 1220. The molecule has 1 aliphatic rings. The molecule has 0 bridgehead atoms. The SMILES string of the molecule is CCCCn1c(CN(CCc2ccccc2)Cc2ccc3c(c2)OCO3)cnc1-c1ccccc1. The number of aromatic nitrogens is 2. The maximum atomic E-state index is 5.63. The molecule has 0 amide bonds. The van der Waals surface area contributed by atoms with Gasteiger partial charge in [-0.05, 0) is 36.1 Å². The number of fused-ring (bicyclic) bond motifs is 1. The lowest BCUT2D eigenvalue weighted by Gasteiger charge is -2.24. The highest BCUT2D eigenvalue weighted by Gasteiger charge is 2.18. The van der Waals surface area contributed by atoms with Gasteiger partial charge in [-0.1, -0.05) is 80.1 Å². The number of hydrogen-bond donors (Lipinski definition) is 0. The summed E-state index contributed by atoms with van der Waals surface area (Å²) in [6, 6.07) is 27.5. The molecule has 1 aromatic heterocycles. The summed E-state index contributed by atoms with van der Waals surface area (Å²) in [5.74, 6) is 2.72. The summed E-state index contributed by atoms with van der Waals surface area (Å²) in [4.78, 5) is 7.38. The lowest BCUT2D eigenvalue weighted by atomic mass is 10.1. The summed E-state index contributed by atoms with van der Waals surface area (Å²) in [5.41, 5.74) is 5.01. The van der Waals surface area contributed by atoms with E-state index in [0.717, 1.165) is 62.8 Å². The summed E-state index contributed by atoms with van der Waals surface area (Å²) >= 11 is 0. The fourth-order valence-electron chi connectivity index (χ4n) is 4.59. The normalized spacial score (nSPS) is 12.4. The fraction of sp³-hybridized carbons (Fsp3) is 0.300. The van der Waals surface area contributed by atoms with Crippen LogP contribution < -0.4 is 9.47 Å². The quantitative estimate of drug-likeness (QED) is 0.259. The standard InChI is InChI=1S/C30H33N3O2/c1-2-3-17-33-27(20-31-30(33)26-12-8-5-9-13-26)22-32(18-16-24-10-6-4-7-11-24)21-25-14-15-28-29(19-25)35-23-34-28/h4-15,19-20H,2-3,16-18,21-23H2,1H3. The number of imidazole rings is 1. The highest BCUT2D eigenvalue weighted by molar-refractivity contribution is 5.56. The van der Waals surface area contributed by atoms with Crippen LogP contribution in [0, 0.1) is 0 Å². The summed E-state index contributed by atoms with van der Waals surface area (Å²) in [5, 5.41) is 0. The van der Waals surface area contributed by atoms with Crippen molar-refractivity contribution in [3.05, 3.63) is 102 Å². The third kappa shape index (κ3) is 5.75. The van der Waals surface area contributed by atoms with Crippen LogP contribution in [0.15, 0.2) is 85.1 Å². The predicted molar refractivity (Wildman–Crippen MR) is 139 cm³/mol. The Morgan fingerprint density at radius 3 is 2.43 bits per heavy atom. The molecule has 2 heterocycles. The second-order valence-electron chi connectivity index (χ2n) is 9.08. The fourth-order valence-corrected chi connectivity index (χ4v) is 4.59. The van der Waals surface area contributed by atoms with E-state index in [1.807, 2.05) is 6.07 Å². The van der Waals surface area contributed by atoms with Gasteiger partial charge in [-0.25, -0.2) is 4.98 Å². The van der Waals surface area contributed by atoms with E-state index in [2.05, 4.69) is 95.4 Å². The van der Waals surface area contributed by atoms with E-state index in [0.29, 0.717) is 6.79 Å². The minimum atomic E-state index is 0.301. The second kappa shape index (κ2) is 11.2. The van der Waals surface area contributed by atoms with Crippen LogP contribution in [0.1, 0.15) is 36.6 Å². The van der Waals surface area contributed by atoms with Crippen molar-refractivity contribution in [1.82, 2.24) is 14.5 Å². The summed E-state index contributed by atoms with van der Waals surface area (Å²) in [6.45, 7) is 6.15. The number of rotatable bonds is 11. The van der Waals surface area contributed by atoms with Crippen molar-refractivity contribution in [2.45, 2.75) is 45.8 Å². The molecule has 5 rings (SSSR count). The Balaban J connectivity index is 1.40. The van der Waals surface area contributed by atoms with Gasteiger partial charge in [0.2, 0.25) is 6.79 Å². The van der Waals surface area contributed by atoms with Gasteiger partial charge in [0.1, 0.15) is 5.82 Å². The van der Waals surface area contributed by atoms with E-state index >= 15 is 0 Å². The van der Waals surface area contributed by atoms with Gasteiger partial charge >= 0.3 is 0 Å². The van der Waals surface area contributed by atoms with Gasteiger partial charge < -0.3 is 14.0 Å². The van der Waals surface area contributed by atoms with Crippen LogP contribution in [0.5, 0.6) is 11.5 Å². The van der Waals surface area contributed by atoms with Gasteiger partial charge in [0.05, 0.1) is 11.9 Å². The number of nitrogens with zero attached hydrogens (tertiary/aromatic N) is 3. The number of hydrogen-bond acceptors (Lipinski definition) is 4. The van der Waals surface area contributed by atoms with Crippen molar-refractivity contribution in [3.8, 4) is 22.9 Å². The first kappa shape index (κ1) is 23.2. The van der Waals surface area contributed by atoms with Crippen LogP contribution in [0.3, 0.4) is 0 Å². The van der Waals surface area contributed by atoms with Crippen molar-refractivity contribution in [1.29, 1.82) is 0 Å². The van der Waals surface area contributed by atoms with Crippen molar-refractivity contribution in [2.75, 3.05) is 13.3 Å². The summed E-state index contributed by atoms with van der Waals surface area (Å²) < 4.78 is 13.5. The van der Waals surface area contributed by atoms with E-state index in [1.54, 1.807) is 0 Å². The van der Waals surface area contributed by atoms with Crippen molar-refractivity contribution >= 4 is 0 Å². The van der Waals surface area contributed by atoms with Gasteiger partial charge in [-0.3, -0.25) is 4.90 Å². The first-order chi connectivity index (χ1) is 17.3. The van der Waals surface area contributed by atoms with Crippen LogP contribution in [0.25, 0.3) is 11.4 Å². The first-order valence-corrected chi connectivity index (χ1v) is 12.5. The van der Waals surface area contributed by atoms with Gasteiger partial charge in [0.25, 0.3) is 0 Å². The molecule has 5 heteroatoms. The zero-order valence-corrected chi connectivity index (χ0v) is 20.4. The highest BCUT2D eigenvalue weighted by Crippen LogP contribution is 2.33. The molecule has 0 fully saturated rings. The first-order valence-electron chi connectivity index (χ1n) is 12.5. The van der Waals surface area contributed by atoms with Gasteiger partial charge in [0, 0.05) is 31.7 Å². The van der Waals surface area contributed by atoms with Crippen LogP contribution in [0.2, 0.25) is 0 Å². The predicted octanol–water partition coefficient (Wildman–Crippen LogP) is 6.32. The molecule has 0 spiro atoms. The molecule has 1 aliphatic heterocycles. The molecule has 5 nitrogen and oxygen atoms in total. The zero-order valence-electron chi connectivity index (χ0n) is 20.4. The number of ether oxygens (including phenoxy) is 2. The molecule has 0 N–H and O–H groups in total. The van der Waals surface area contributed by atoms with Gasteiger partial charge in [-0.2, -0.15) is 0 Å². The van der Waals surface area contributed by atoms with E-state index in [9.17, 15) is 0 Å². The Hall–Kier alpha value is -3.57. The minimum Gasteiger partial charge on any atom is -0.454 e. The highest BCUT2D eigenvalue weighted by atomic mass is 16.7. The molecular weight excluding hydrogens is 434 g/mol. The van der Waals surface area contributed by atoms with Crippen LogP contribution in [0.4, 0.5) is 0 Å². The van der Waals surface area contributed by atoms with Gasteiger partial charge in [0.15, 0.2) is 11.5 Å². The maximum Gasteiger partial charge on any atom is 0.231 e. The average molecular weight is 468 g/mol. The smallest absolute Gasteiger partial charge is 0.231 e. The Kier molecular flexibility index (Phi) is 7.44. The molecule has 0 saturated heterocycles. The Labute approximate surface area is 208 Å². The molecule has 0 atom stereocenters. The monoisotopic (exact) mass is 467 g/mol. The van der Waals surface area contributed by atoms with Crippen molar-refractivity contribution < 1.29 is 9.47 Å². The van der Waals surface area contributed by atoms with Crippen LogP contribution >= 0.6 is 0 Å². The lowest BCUT2D eigenvalue weighted by Crippen LogP contribution is -2.26. The molecule has 4 aromatic rings. The maximum absolute atomic E-state index is 5.63. The van der Waals surface area contributed by atoms with E-state index in [-0.39, 0.29) is 0 Å². The molecule has 35 heavy (non-hydrogen) atoms. The van der Waals surface area contributed by atoms with E-state index < -0.39 is 0 Å². The van der Waals surface area contributed by atoms with E-state index in [4.69, 9.17) is 14.5 Å². The summed E-state index contributed by atoms with van der Waals surface area (Å²) in [6.07, 6.45) is 5.35. The molecule has 0 unspecified atom stereocenters. The molecule has 0 radical (unpaired) electrons. The topological polar surface area (TPSA) is 39.5 Å². The molecular formula is C30H33N3O2. The van der Waals surface area contributed by atoms with Crippen LogP contribution in [-0.4, -0.2) is 27.8 Å². The average Bonchev–Trinajstić information content (AvgIpc) is 3.53. The molecule has 3 aromatic carbocycles. The number of unbranched alkanes of at least 4 members (excludes halogenated alkanes) is 1. The third-order valence-corrected chi connectivity index (χ3v) is 6.49. The van der Waals surface area contributed by atoms with E-state index in [1.165, 1.54) is 22.4 Å². The Morgan fingerprint density at radius 2 is 1.63 bits per heavy atom. The van der Waals surface area contributed by atoms with Crippen molar-refractivity contribution in [2.24, 2.45) is 0 Å².